The second-order valence-corrected chi connectivity index (χ2v) is 21.6. The number of hydrogen-bond donors (Lipinski definition) is 4. The molecule has 0 aliphatic rings. The highest BCUT2D eigenvalue weighted by molar-refractivity contribution is 8.18. The summed E-state index contributed by atoms with van der Waals surface area (Å²) in [6, 6.07) is 8.13. The van der Waals surface area contributed by atoms with Crippen molar-refractivity contribution in [2.45, 2.75) is 159 Å². The molecule has 0 spiro atoms. The van der Waals surface area contributed by atoms with Crippen molar-refractivity contribution in [2.75, 3.05) is 24.7 Å². The van der Waals surface area contributed by atoms with Gasteiger partial charge in [-0.3, -0.25) is 9.59 Å². The van der Waals surface area contributed by atoms with Crippen LogP contribution in [0, 0.1) is 0 Å². The van der Waals surface area contributed by atoms with Crippen molar-refractivity contribution >= 4 is 60.7 Å². The maximum atomic E-state index is 11.6. The molecule has 2 aromatic rings. The average Bonchev–Trinajstić information content (AvgIpc) is 2.93. The topological polar surface area (TPSA) is 93.1 Å². The molecule has 0 unspecified atom stereocenters. The number of ether oxygens (including phenoxy) is 2. The van der Waals surface area contributed by atoms with Crippen LogP contribution in [-0.4, -0.2) is 51.0 Å². The van der Waals surface area contributed by atoms with Crippen molar-refractivity contribution in [3.8, 4) is 11.5 Å². The minimum absolute atomic E-state index is 0.0666. The molecule has 51 heavy (non-hydrogen) atoms. The van der Waals surface area contributed by atoms with Crippen molar-refractivity contribution in [3.63, 3.8) is 0 Å². The lowest BCUT2D eigenvalue weighted by Crippen LogP contribution is -2.18. The summed E-state index contributed by atoms with van der Waals surface area (Å²) in [6.45, 7) is 34.2. The van der Waals surface area contributed by atoms with E-state index in [0.717, 1.165) is 37.8 Å². The SMILES string of the molecule is CC(C)(C)c1cc(S)cc(C(C)(C)C)c1O.CCOC(=O)CCS.CCOC(=O)CCSC(C)(C)Sc1cc(C(C)(C)C)c(O)c(C(C)(C)C)c1. The molecule has 2 N–H and O–H groups in total. The Bertz CT molecular complexity index is 1330. The molecule has 2 aromatic carbocycles. The lowest BCUT2D eigenvalue weighted by Gasteiger charge is -2.30. The number of rotatable bonds is 10. The van der Waals surface area contributed by atoms with Gasteiger partial charge in [0.1, 0.15) is 11.5 Å². The second kappa shape index (κ2) is 20.7. The van der Waals surface area contributed by atoms with Gasteiger partial charge < -0.3 is 19.7 Å². The number of phenols is 2. The van der Waals surface area contributed by atoms with E-state index in [-0.39, 0.29) is 37.7 Å². The molecule has 0 heterocycles. The van der Waals surface area contributed by atoms with Crippen LogP contribution in [0.15, 0.2) is 34.1 Å². The third kappa shape index (κ3) is 18.3. The Morgan fingerprint density at radius 2 is 0.961 bits per heavy atom. The molecular weight excluding hydrogens is 717 g/mol. The molecule has 0 atom stereocenters. The zero-order valence-corrected chi connectivity index (χ0v) is 37.7. The summed E-state index contributed by atoms with van der Waals surface area (Å²) in [6.07, 6.45) is 0.843. The first-order valence-electron chi connectivity index (χ1n) is 17.7. The predicted molar refractivity (Wildman–Crippen MR) is 227 cm³/mol. The van der Waals surface area contributed by atoms with Crippen LogP contribution in [0.2, 0.25) is 0 Å². The molecule has 10 heteroatoms. The third-order valence-corrected chi connectivity index (χ3v) is 10.6. The zero-order valence-electron chi connectivity index (χ0n) is 34.3. The highest BCUT2D eigenvalue weighted by atomic mass is 32.2. The standard InChI is InChI=1S/C22H36O3S2.C14H22OS.C5H10O2S/c1-10-25-18(23)11-12-26-22(8,9)27-15-13-16(20(2,3)4)19(24)17(14-15)21(5,6)7;1-13(2,3)10-7-9(16)8-11(12(10)15)14(4,5)6;1-2-7-5(6)3-4-8/h13-14,24H,10-12H2,1-9H3;7-8,15-16H,1-6H3;8H,2-4H2,1H3. The summed E-state index contributed by atoms with van der Waals surface area (Å²) >= 11 is 11.8. The lowest BCUT2D eigenvalue weighted by molar-refractivity contribution is -0.143. The van der Waals surface area contributed by atoms with Gasteiger partial charge >= 0.3 is 11.9 Å². The summed E-state index contributed by atoms with van der Waals surface area (Å²) in [5.41, 5.74) is 3.47. The molecule has 0 bridgehead atoms. The van der Waals surface area contributed by atoms with Crippen LogP contribution in [0.4, 0.5) is 0 Å². The normalized spacial score (nSPS) is 12.3. The third-order valence-electron chi connectivity index (χ3n) is 7.46. The van der Waals surface area contributed by atoms with Gasteiger partial charge in [-0.25, -0.2) is 0 Å². The van der Waals surface area contributed by atoms with Crippen molar-refractivity contribution in [1.29, 1.82) is 0 Å². The Balaban J connectivity index is 0.000000872. The summed E-state index contributed by atoms with van der Waals surface area (Å²) < 4.78 is 9.51. The molecule has 0 saturated heterocycles. The lowest BCUT2D eigenvalue weighted by atomic mass is 9.79. The molecule has 2 rings (SSSR count). The average molecular weight is 785 g/mol. The van der Waals surface area contributed by atoms with Crippen LogP contribution < -0.4 is 0 Å². The molecule has 0 aromatic heterocycles. The van der Waals surface area contributed by atoms with E-state index < -0.39 is 0 Å². The van der Waals surface area contributed by atoms with Crippen LogP contribution in [0.5, 0.6) is 11.5 Å². The van der Waals surface area contributed by atoms with Gasteiger partial charge in [-0.15, -0.1) is 36.2 Å². The van der Waals surface area contributed by atoms with Crippen molar-refractivity contribution < 1.29 is 29.3 Å². The van der Waals surface area contributed by atoms with E-state index in [9.17, 15) is 19.8 Å². The highest BCUT2D eigenvalue weighted by Crippen LogP contribution is 2.47. The number of carbonyl (C=O) groups excluding carboxylic acids is 2. The molecule has 292 valence electrons. The Labute approximate surface area is 330 Å². The molecule has 0 aliphatic carbocycles. The van der Waals surface area contributed by atoms with Crippen LogP contribution >= 0.6 is 48.8 Å². The van der Waals surface area contributed by atoms with E-state index in [2.05, 4.69) is 139 Å². The fourth-order valence-corrected chi connectivity index (χ4v) is 7.72. The highest BCUT2D eigenvalue weighted by Gasteiger charge is 2.29. The minimum atomic E-state index is -0.164. The van der Waals surface area contributed by atoms with E-state index in [4.69, 9.17) is 4.74 Å². The number of benzene rings is 2. The molecule has 0 radical (unpaired) electrons. The first kappa shape index (κ1) is 49.4. The molecule has 0 amide bonds. The first-order valence-corrected chi connectivity index (χ1v) is 20.6. The number of aromatic hydroxyl groups is 2. The molecule has 0 saturated carbocycles. The molecule has 0 aliphatic heterocycles. The fourth-order valence-electron chi connectivity index (χ4n) is 4.82. The maximum Gasteiger partial charge on any atom is 0.306 e. The van der Waals surface area contributed by atoms with Gasteiger partial charge in [-0.05, 0) is 73.6 Å². The number of hydrogen-bond acceptors (Lipinski definition) is 10. The van der Waals surface area contributed by atoms with Gasteiger partial charge in [0.05, 0.1) is 30.1 Å². The number of thiol groups is 2. The van der Waals surface area contributed by atoms with Crippen LogP contribution in [0.25, 0.3) is 0 Å². The number of carbonyl (C=O) groups is 2. The van der Waals surface area contributed by atoms with Gasteiger partial charge in [0.25, 0.3) is 0 Å². The molecular formula is C41H68O6S4. The molecule has 0 fully saturated rings. The Morgan fingerprint density at radius 1 is 0.627 bits per heavy atom. The van der Waals surface area contributed by atoms with Crippen LogP contribution in [0.1, 0.15) is 146 Å². The minimum Gasteiger partial charge on any atom is -0.507 e. The van der Waals surface area contributed by atoms with E-state index in [0.29, 0.717) is 43.3 Å². The molecule has 6 nitrogen and oxygen atoms in total. The summed E-state index contributed by atoms with van der Waals surface area (Å²) in [7, 11) is 0. The van der Waals surface area contributed by atoms with Crippen LogP contribution in [0.3, 0.4) is 0 Å². The van der Waals surface area contributed by atoms with Gasteiger partial charge in [0.15, 0.2) is 0 Å². The number of thioether (sulfide) groups is 2. The largest absolute Gasteiger partial charge is 0.507 e. The summed E-state index contributed by atoms with van der Waals surface area (Å²) in [5.74, 6) is 1.82. The smallest absolute Gasteiger partial charge is 0.306 e. The Morgan fingerprint density at radius 3 is 1.27 bits per heavy atom. The number of phenolic OH excluding ortho intramolecular Hbond substituents is 2. The van der Waals surface area contributed by atoms with Crippen molar-refractivity contribution in [2.24, 2.45) is 0 Å². The summed E-state index contributed by atoms with van der Waals surface area (Å²) in [4.78, 5) is 24.0. The monoisotopic (exact) mass is 784 g/mol. The quantitative estimate of drug-likeness (QED) is 0.0819. The second-order valence-electron chi connectivity index (χ2n) is 16.9. The van der Waals surface area contributed by atoms with E-state index in [1.165, 1.54) is 0 Å². The van der Waals surface area contributed by atoms with E-state index in [1.807, 2.05) is 19.1 Å². The van der Waals surface area contributed by atoms with Crippen LogP contribution in [-0.2, 0) is 40.7 Å². The predicted octanol–water partition coefficient (Wildman–Crippen LogP) is 11.6. The Kier molecular flexibility index (Phi) is 20.1. The van der Waals surface area contributed by atoms with Crippen molar-refractivity contribution in [1.82, 2.24) is 0 Å². The summed E-state index contributed by atoms with van der Waals surface area (Å²) in [5, 5.41) is 21.2. The first-order chi connectivity index (χ1) is 23.0. The van der Waals surface area contributed by atoms with E-state index >= 15 is 0 Å². The van der Waals surface area contributed by atoms with Crippen molar-refractivity contribution in [3.05, 3.63) is 46.5 Å². The van der Waals surface area contributed by atoms with Gasteiger partial charge in [0.2, 0.25) is 0 Å². The van der Waals surface area contributed by atoms with E-state index in [1.54, 1.807) is 30.4 Å². The van der Waals surface area contributed by atoms with Gasteiger partial charge in [-0.1, -0.05) is 83.1 Å². The maximum absolute atomic E-state index is 11.6. The fraction of sp³-hybridized carbons (Fsp3) is 0.659. The Hall–Kier alpha value is -1.62. The zero-order chi connectivity index (χ0) is 40.2. The number of esters is 2. The van der Waals surface area contributed by atoms with Gasteiger partial charge in [-0.2, -0.15) is 12.6 Å². The van der Waals surface area contributed by atoms with Gasteiger partial charge in [0, 0.05) is 43.6 Å².